The maximum atomic E-state index is 13.3. The maximum absolute atomic E-state index is 13.3. The van der Waals surface area contributed by atoms with Gasteiger partial charge in [-0.15, -0.1) is 11.6 Å². The summed E-state index contributed by atoms with van der Waals surface area (Å²) in [6.45, 7) is 1.94. The van der Waals surface area contributed by atoms with Crippen molar-refractivity contribution >= 4 is 45.4 Å². The first-order chi connectivity index (χ1) is 10.1. The fraction of sp³-hybridized carbons (Fsp3) is 0.200. The molecular formula is C15H12ClFIN3. The van der Waals surface area contributed by atoms with Crippen LogP contribution in [-0.2, 0) is 6.42 Å². The van der Waals surface area contributed by atoms with E-state index in [0.717, 1.165) is 31.9 Å². The van der Waals surface area contributed by atoms with E-state index in [2.05, 4.69) is 32.6 Å². The summed E-state index contributed by atoms with van der Waals surface area (Å²) in [5.41, 5.74) is 3.39. The minimum absolute atomic E-state index is 0.254. The first-order valence-corrected chi connectivity index (χ1v) is 8.08. The minimum Gasteiger partial charge on any atom is -0.280 e. The third kappa shape index (κ3) is 2.76. The van der Waals surface area contributed by atoms with Crippen LogP contribution in [0.4, 0.5) is 4.39 Å². The summed E-state index contributed by atoms with van der Waals surface area (Å²) < 4.78 is 16.1. The predicted molar refractivity (Wildman–Crippen MR) is 90.7 cm³/mol. The number of fused-ring (bicyclic) bond motifs is 1. The van der Waals surface area contributed by atoms with Crippen molar-refractivity contribution < 1.29 is 4.39 Å². The summed E-state index contributed by atoms with van der Waals surface area (Å²) in [7, 11) is 0. The molecule has 0 saturated carbocycles. The van der Waals surface area contributed by atoms with Crippen LogP contribution < -0.4 is 0 Å². The monoisotopic (exact) mass is 415 g/mol. The molecule has 0 saturated heterocycles. The van der Waals surface area contributed by atoms with Gasteiger partial charge < -0.3 is 0 Å². The Morgan fingerprint density at radius 3 is 2.76 bits per heavy atom. The molecule has 0 amide bonds. The van der Waals surface area contributed by atoms with Crippen LogP contribution in [0.2, 0.25) is 0 Å². The Morgan fingerprint density at radius 1 is 1.24 bits per heavy atom. The molecule has 0 fully saturated rings. The highest BCUT2D eigenvalue weighted by Crippen LogP contribution is 2.25. The molecule has 0 spiro atoms. The van der Waals surface area contributed by atoms with E-state index in [4.69, 9.17) is 11.6 Å². The number of aryl methyl sites for hydroxylation is 2. The van der Waals surface area contributed by atoms with Crippen molar-refractivity contribution in [2.45, 2.75) is 13.3 Å². The van der Waals surface area contributed by atoms with Crippen LogP contribution >= 0.6 is 34.2 Å². The van der Waals surface area contributed by atoms with E-state index in [9.17, 15) is 4.39 Å². The average molecular weight is 416 g/mol. The largest absolute Gasteiger partial charge is 0.280 e. The molecule has 0 bridgehead atoms. The number of aromatic nitrogens is 3. The van der Waals surface area contributed by atoms with Crippen LogP contribution in [0, 0.1) is 16.3 Å². The zero-order valence-electron chi connectivity index (χ0n) is 11.3. The number of halogens is 3. The molecule has 3 nitrogen and oxygen atoms in total. The molecule has 0 N–H and O–H groups in total. The summed E-state index contributed by atoms with van der Waals surface area (Å²) in [5, 5.41) is 0. The molecule has 0 unspecified atom stereocenters. The lowest BCUT2D eigenvalue weighted by atomic mass is 10.3. The van der Waals surface area contributed by atoms with Crippen LogP contribution in [0.5, 0.6) is 0 Å². The first kappa shape index (κ1) is 14.7. The molecule has 108 valence electrons. The summed E-state index contributed by atoms with van der Waals surface area (Å²) in [6.07, 6.45) is 0.629. The molecule has 0 atom stereocenters. The number of hydrogen-bond donors (Lipinski definition) is 0. The Kier molecular flexibility index (Phi) is 4.12. The molecule has 2 heterocycles. The number of nitrogens with zero attached hydrogens (tertiary/aromatic N) is 3. The van der Waals surface area contributed by atoms with Gasteiger partial charge in [-0.1, -0.05) is 0 Å². The number of imidazole rings is 1. The number of rotatable bonds is 3. The fourth-order valence-corrected chi connectivity index (χ4v) is 3.15. The lowest BCUT2D eigenvalue weighted by Gasteiger charge is -2.10. The molecule has 0 radical (unpaired) electrons. The molecule has 0 aliphatic carbocycles. The van der Waals surface area contributed by atoms with Crippen LogP contribution in [0.1, 0.15) is 11.5 Å². The maximum Gasteiger partial charge on any atom is 0.164 e. The molecule has 0 aliphatic heterocycles. The Bertz CT molecular complexity index is 816. The number of hydrogen-bond acceptors (Lipinski definition) is 2. The van der Waals surface area contributed by atoms with E-state index in [1.165, 1.54) is 12.1 Å². The van der Waals surface area contributed by atoms with Crippen molar-refractivity contribution in [1.29, 1.82) is 0 Å². The van der Waals surface area contributed by atoms with Gasteiger partial charge in [0.2, 0.25) is 0 Å². The fourth-order valence-electron chi connectivity index (χ4n) is 2.27. The highest BCUT2D eigenvalue weighted by atomic mass is 127. The van der Waals surface area contributed by atoms with Crippen LogP contribution in [0.3, 0.4) is 0 Å². The van der Waals surface area contributed by atoms with E-state index < -0.39 is 0 Å². The van der Waals surface area contributed by atoms with E-state index in [0.29, 0.717) is 12.3 Å². The van der Waals surface area contributed by atoms with E-state index in [1.807, 2.05) is 23.6 Å². The number of alkyl halides is 1. The average Bonchev–Trinajstić information content (AvgIpc) is 2.77. The zero-order valence-corrected chi connectivity index (χ0v) is 14.2. The second-order valence-corrected chi connectivity index (χ2v) is 6.23. The van der Waals surface area contributed by atoms with Crippen molar-refractivity contribution in [2.75, 3.05) is 5.88 Å². The predicted octanol–water partition coefficient (Wildman–Crippen LogP) is 4.25. The van der Waals surface area contributed by atoms with Crippen molar-refractivity contribution in [3.63, 3.8) is 0 Å². The van der Waals surface area contributed by atoms with Crippen LogP contribution in [0.15, 0.2) is 30.3 Å². The molecule has 2 aromatic heterocycles. The van der Waals surface area contributed by atoms with Gasteiger partial charge in [-0.2, -0.15) is 0 Å². The normalized spacial score (nSPS) is 11.2. The summed E-state index contributed by atoms with van der Waals surface area (Å²) >= 11 is 8.01. The Labute approximate surface area is 140 Å². The Balaban J connectivity index is 2.32. The Morgan fingerprint density at radius 2 is 2.05 bits per heavy atom. The SMILES string of the molecule is Cc1ccc2nc(CCCl)n(-c3ccc(F)cc3I)c2n1. The molecule has 0 aliphatic rings. The Hall–Kier alpha value is -1.21. The van der Waals surface area contributed by atoms with Gasteiger partial charge in [0.25, 0.3) is 0 Å². The first-order valence-electron chi connectivity index (χ1n) is 6.46. The summed E-state index contributed by atoms with van der Waals surface area (Å²) in [6, 6.07) is 8.58. The van der Waals surface area contributed by atoms with Gasteiger partial charge in [0.1, 0.15) is 17.2 Å². The van der Waals surface area contributed by atoms with E-state index in [1.54, 1.807) is 6.07 Å². The van der Waals surface area contributed by atoms with E-state index in [-0.39, 0.29) is 5.82 Å². The quantitative estimate of drug-likeness (QED) is 0.473. The topological polar surface area (TPSA) is 30.7 Å². The summed E-state index contributed by atoms with van der Waals surface area (Å²) in [5.74, 6) is 1.05. The molecule has 1 aromatic carbocycles. The third-order valence-electron chi connectivity index (χ3n) is 3.18. The van der Waals surface area contributed by atoms with Gasteiger partial charge in [-0.05, 0) is 59.8 Å². The minimum atomic E-state index is -0.254. The van der Waals surface area contributed by atoms with Gasteiger partial charge in [0.15, 0.2) is 5.65 Å². The third-order valence-corrected chi connectivity index (χ3v) is 4.23. The zero-order chi connectivity index (χ0) is 15.0. The van der Waals surface area contributed by atoms with Gasteiger partial charge >= 0.3 is 0 Å². The van der Waals surface area contributed by atoms with Crippen molar-refractivity contribution in [3.05, 3.63) is 51.2 Å². The van der Waals surface area contributed by atoms with Gasteiger partial charge in [-0.3, -0.25) is 4.57 Å². The highest BCUT2D eigenvalue weighted by Gasteiger charge is 2.15. The molecule has 6 heteroatoms. The lowest BCUT2D eigenvalue weighted by Crippen LogP contribution is -2.05. The number of pyridine rings is 1. The van der Waals surface area contributed by atoms with Crippen molar-refractivity contribution in [3.8, 4) is 5.69 Å². The van der Waals surface area contributed by atoms with Gasteiger partial charge in [0, 0.05) is 21.6 Å². The highest BCUT2D eigenvalue weighted by molar-refractivity contribution is 14.1. The smallest absolute Gasteiger partial charge is 0.164 e. The van der Waals surface area contributed by atoms with Gasteiger partial charge in [0.05, 0.1) is 5.69 Å². The van der Waals surface area contributed by atoms with Crippen molar-refractivity contribution in [2.24, 2.45) is 0 Å². The summed E-state index contributed by atoms with van der Waals surface area (Å²) in [4.78, 5) is 9.18. The molecule has 3 aromatic rings. The van der Waals surface area contributed by atoms with E-state index >= 15 is 0 Å². The standard InChI is InChI=1S/C15H12ClFIN3/c1-9-2-4-12-15(19-9)21(14(20-12)6-7-16)13-5-3-10(17)8-11(13)18/h2-5,8H,6-7H2,1H3. The molecule has 21 heavy (non-hydrogen) atoms. The molecular weight excluding hydrogens is 404 g/mol. The van der Waals surface area contributed by atoms with Crippen molar-refractivity contribution in [1.82, 2.24) is 14.5 Å². The van der Waals surface area contributed by atoms with Crippen LogP contribution in [0.25, 0.3) is 16.9 Å². The second kappa shape index (κ2) is 5.88. The van der Waals surface area contributed by atoms with Crippen LogP contribution in [-0.4, -0.2) is 20.4 Å². The van der Waals surface area contributed by atoms with Gasteiger partial charge in [-0.25, -0.2) is 14.4 Å². The second-order valence-electron chi connectivity index (χ2n) is 4.69. The molecule has 3 rings (SSSR count). The lowest BCUT2D eigenvalue weighted by molar-refractivity contribution is 0.626. The number of benzene rings is 1.